The number of unbranched alkanes of at least 4 members (excludes halogenated alkanes) is 1. The molecular formula is C20H36O9. The van der Waals surface area contributed by atoms with Gasteiger partial charge in [0.05, 0.1) is 19.8 Å². The number of carboxylic acid groups (broad SMARTS) is 3. The normalized spacial score (nSPS) is 9.21. The predicted molar refractivity (Wildman–Crippen MR) is 111 cm³/mol. The van der Waals surface area contributed by atoms with Gasteiger partial charge < -0.3 is 30.6 Å². The topological polar surface area (TPSA) is 173 Å². The van der Waals surface area contributed by atoms with Crippen LogP contribution in [0.2, 0.25) is 0 Å². The molecule has 0 heterocycles. The largest absolute Gasteiger partial charge is 0.478 e. The van der Waals surface area contributed by atoms with E-state index in [1.54, 1.807) is 0 Å². The first-order chi connectivity index (χ1) is 13.2. The highest BCUT2D eigenvalue weighted by Gasteiger charge is 2.26. The van der Waals surface area contributed by atoms with Crippen LogP contribution in [-0.2, 0) is 14.4 Å². The molecule has 0 rings (SSSR count). The van der Waals surface area contributed by atoms with Gasteiger partial charge in [0.1, 0.15) is 0 Å². The van der Waals surface area contributed by atoms with Crippen molar-refractivity contribution >= 4 is 17.9 Å². The highest BCUT2D eigenvalue weighted by Crippen LogP contribution is 2.22. The van der Waals surface area contributed by atoms with E-state index in [0.29, 0.717) is 6.42 Å². The van der Waals surface area contributed by atoms with Gasteiger partial charge in [0.2, 0.25) is 0 Å². The van der Waals surface area contributed by atoms with Crippen LogP contribution in [0.4, 0.5) is 0 Å². The van der Waals surface area contributed by atoms with Gasteiger partial charge in [0, 0.05) is 22.1 Å². The van der Waals surface area contributed by atoms with Crippen LogP contribution >= 0.6 is 0 Å². The van der Waals surface area contributed by atoms with Gasteiger partial charge in [-0.25, -0.2) is 14.4 Å². The Kier molecular flexibility index (Phi) is 23.8. The lowest BCUT2D eigenvalue weighted by molar-refractivity contribution is -0.133. The first-order valence-electron chi connectivity index (χ1n) is 8.66. The van der Waals surface area contributed by atoms with Crippen molar-refractivity contribution in [3.63, 3.8) is 0 Å². The van der Waals surface area contributed by atoms with Crippen LogP contribution in [0.15, 0.2) is 36.5 Å². The smallest absolute Gasteiger partial charge is 0.330 e. The number of hydrogen-bond acceptors (Lipinski definition) is 6. The van der Waals surface area contributed by atoms with E-state index >= 15 is 0 Å². The van der Waals surface area contributed by atoms with E-state index in [9.17, 15) is 14.4 Å². The Bertz CT molecular complexity index is 431. The molecule has 29 heavy (non-hydrogen) atoms. The van der Waals surface area contributed by atoms with Gasteiger partial charge in [0.15, 0.2) is 0 Å². The van der Waals surface area contributed by atoms with Gasteiger partial charge in [0.25, 0.3) is 0 Å². The number of hydrogen-bond donors (Lipinski definition) is 6. The number of aliphatic hydroxyl groups is 3. The third-order valence-electron chi connectivity index (χ3n) is 3.16. The lowest BCUT2D eigenvalue weighted by atomic mass is 9.85. The Balaban J connectivity index is -0.000000151. The van der Waals surface area contributed by atoms with Gasteiger partial charge >= 0.3 is 17.9 Å². The molecule has 170 valence electrons. The second-order valence-corrected chi connectivity index (χ2v) is 6.33. The number of aliphatic hydroxyl groups excluding tert-OH is 3. The standard InChI is InChI=1S/C8H18O3.3C4H6O2/c1-2-3-4-8(5-9,6-10)7-11;3*1-3(2)4(5)6/h9-11H,2-7H2,1H3;3*1H2,2H3,(H,5,6). The summed E-state index contributed by atoms with van der Waals surface area (Å²) >= 11 is 0. The van der Waals surface area contributed by atoms with E-state index < -0.39 is 23.3 Å². The molecule has 0 saturated heterocycles. The lowest BCUT2D eigenvalue weighted by Gasteiger charge is -2.26. The number of carbonyl (C=O) groups is 3. The molecule has 0 aromatic rings. The average Bonchev–Trinajstić information content (AvgIpc) is 2.64. The maximum Gasteiger partial charge on any atom is 0.330 e. The summed E-state index contributed by atoms with van der Waals surface area (Å²) in [5.74, 6) is -2.81. The molecule has 0 aliphatic carbocycles. The van der Waals surface area contributed by atoms with Crippen molar-refractivity contribution in [2.75, 3.05) is 19.8 Å². The zero-order valence-electron chi connectivity index (χ0n) is 17.8. The number of rotatable bonds is 9. The summed E-state index contributed by atoms with van der Waals surface area (Å²) < 4.78 is 0. The first-order valence-corrected chi connectivity index (χ1v) is 8.66. The average molecular weight is 420 g/mol. The summed E-state index contributed by atoms with van der Waals surface area (Å²) in [7, 11) is 0. The van der Waals surface area contributed by atoms with E-state index in [1.807, 2.05) is 6.92 Å². The van der Waals surface area contributed by atoms with E-state index in [1.165, 1.54) is 20.8 Å². The molecule has 0 spiro atoms. The quantitative estimate of drug-likeness (QED) is 0.305. The molecule has 0 aliphatic heterocycles. The first kappa shape index (κ1) is 34.0. The molecule has 0 aromatic heterocycles. The molecule has 0 unspecified atom stereocenters. The Morgan fingerprint density at radius 3 is 1.00 bits per heavy atom. The fourth-order valence-electron chi connectivity index (χ4n) is 0.939. The number of carboxylic acids is 3. The highest BCUT2D eigenvalue weighted by molar-refractivity contribution is 5.85. The zero-order valence-corrected chi connectivity index (χ0v) is 17.8. The molecule has 0 saturated carbocycles. The zero-order chi connectivity index (χ0) is 24.2. The molecular weight excluding hydrogens is 384 g/mol. The molecule has 0 bridgehead atoms. The molecule has 0 aromatic carbocycles. The Morgan fingerprint density at radius 2 is 0.897 bits per heavy atom. The van der Waals surface area contributed by atoms with E-state index in [0.717, 1.165) is 12.8 Å². The van der Waals surface area contributed by atoms with Crippen LogP contribution in [0.1, 0.15) is 47.0 Å². The van der Waals surface area contributed by atoms with Crippen molar-refractivity contribution in [1.29, 1.82) is 0 Å². The van der Waals surface area contributed by atoms with Crippen LogP contribution in [0.25, 0.3) is 0 Å². The fourth-order valence-corrected chi connectivity index (χ4v) is 0.939. The number of aliphatic carboxylic acids is 3. The minimum atomic E-state index is -0.935. The minimum Gasteiger partial charge on any atom is -0.478 e. The van der Waals surface area contributed by atoms with Crippen molar-refractivity contribution < 1.29 is 45.0 Å². The fraction of sp³-hybridized carbons (Fsp3) is 0.550. The third kappa shape index (κ3) is 25.5. The minimum absolute atomic E-state index is 0.139. The maximum absolute atomic E-state index is 9.60. The molecule has 0 radical (unpaired) electrons. The van der Waals surface area contributed by atoms with Gasteiger partial charge in [-0.3, -0.25) is 0 Å². The summed E-state index contributed by atoms with van der Waals surface area (Å²) in [6, 6.07) is 0. The van der Waals surface area contributed by atoms with Crippen LogP contribution in [0.3, 0.4) is 0 Å². The van der Waals surface area contributed by atoms with Gasteiger partial charge in [-0.2, -0.15) is 0 Å². The SMILES string of the molecule is C=C(C)C(=O)O.C=C(C)C(=O)O.C=C(C)C(=O)O.CCCCC(CO)(CO)CO. The molecule has 9 heteroatoms. The van der Waals surface area contributed by atoms with E-state index in [-0.39, 0.29) is 36.5 Å². The molecule has 6 N–H and O–H groups in total. The summed E-state index contributed by atoms with van der Waals surface area (Å²) in [4.78, 5) is 28.8. The van der Waals surface area contributed by atoms with Crippen LogP contribution < -0.4 is 0 Å². The van der Waals surface area contributed by atoms with Crippen LogP contribution in [0, 0.1) is 5.41 Å². The Hall–Kier alpha value is -2.49. The Labute approximate surface area is 172 Å². The second-order valence-electron chi connectivity index (χ2n) is 6.33. The predicted octanol–water partition coefficient (Wildman–Crippen LogP) is 2.08. The van der Waals surface area contributed by atoms with Gasteiger partial charge in [-0.05, 0) is 27.2 Å². The van der Waals surface area contributed by atoms with E-state index in [2.05, 4.69) is 19.7 Å². The highest BCUT2D eigenvalue weighted by atomic mass is 16.4. The molecule has 0 aliphatic rings. The van der Waals surface area contributed by atoms with Crippen molar-refractivity contribution in [3.05, 3.63) is 36.5 Å². The molecule has 0 amide bonds. The molecule has 0 fully saturated rings. The Morgan fingerprint density at radius 1 is 0.690 bits per heavy atom. The summed E-state index contributed by atoms with van der Waals surface area (Å²) in [5, 5.41) is 50.3. The van der Waals surface area contributed by atoms with Crippen molar-refractivity contribution in [2.45, 2.75) is 47.0 Å². The van der Waals surface area contributed by atoms with Gasteiger partial charge in [-0.1, -0.05) is 39.5 Å². The van der Waals surface area contributed by atoms with Crippen molar-refractivity contribution in [1.82, 2.24) is 0 Å². The van der Waals surface area contributed by atoms with Crippen molar-refractivity contribution in [3.8, 4) is 0 Å². The monoisotopic (exact) mass is 420 g/mol. The van der Waals surface area contributed by atoms with Crippen LogP contribution in [-0.4, -0.2) is 68.4 Å². The third-order valence-corrected chi connectivity index (χ3v) is 3.16. The molecule has 0 atom stereocenters. The lowest BCUT2D eigenvalue weighted by Crippen LogP contribution is -2.33. The van der Waals surface area contributed by atoms with Gasteiger partial charge in [-0.15, -0.1) is 0 Å². The summed E-state index contributed by atoms with van der Waals surface area (Å²) in [6.45, 7) is 15.4. The molecule has 9 nitrogen and oxygen atoms in total. The maximum atomic E-state index is 9.60. The summed E-state index contributed by atoms with van der Waals surface area (Å²) in [6.07, 6.45) is 2.64. The van der Waals surface area contributed by atoms with E-state index in [4.69, 9.17) is 30.6 Å². The second kappa shape index (κ2) is 20.2. The van der Waals surface area contributed by atoms with Crippen molar-refractivity contribution in [2.24, 2.45) is 5.41 Å². The summed E-state index contributed by atoms with van der Waals surface area (Å²) in [5.41, 5.74) is -0.129. The van der Waals surface area contributed by atoms with Crippen LogP contribution in [0.5, 0.6) is 0 Å².